The van der Waals surface area contributed by atoms with Gasteiger partial charge in [0.25, 0.3) is 5.91 Å². The third-order valence-electron chi connectivity index (χ3n) is 1.29. The topological polar surface area (TPSA) is 29.1 Å². The van der Waals surface area contributed by atoms with Gasteiger partial charge in [0, 0.05) is 0 Å². The number of amides is 1. The van der Waals surface area contributed by atoms with E-state index >= 15 is 0 Å². The van der Waals surface area contributed by atoms with Gasteiger partial charge in [0.05, 0.1) is 0 Å². The number of nitrogens with one attached hydrogen (secondary N) is 1. The third-order valence-corrected chi connectivity index (χ3v) is 1.49. The van der Waals surface area contributed by atoms with Crippen LogP contribution in [0.2, 0.25) is 0 Å². The Balaban J connectivity index is 3.21. The molecular formula is C7H5F2NOS. The lowest BCUT2D eigenvalue weighted by molar-refractivity contribution is 0.0977. The van der Waals surface area contributed by atoms with Crippen molar-refractivity contribution in [2.45, 2.75) is 0 Å². The average molecular weight is 189 g/mol. The van der Waals surface area contributed by atoms with Crippen molar-refractivity contribution in [2.24, 2.45) is 0 Å². The first-order valence-electron chi connectivity index (χ1n) is 3.05. The Morgan fingerprint density at radius 1 is 1.33 bits per heavy atom. The molecule has 64 valence electrons. The fourth-order valence-electron chi connectivity index (χ4n) is 0.771. The number of hydrogen-bond acceptors (Lipinski definition) is 2. The second-order valence-corrected chi connectivity index (χ2v) is 2.26. The molecule has 0 aliphatic rings. The first kappa shape index (κ1) is 8.99. The lowest BCUT2D eigenvalue weighted by atomic mass is 10.2. The van der Waals surface area contributed by atoms with E-state index < -0.39 is 23.1 Å². The minimum absolute atomic E-state index is 0.618. The van der Waals surface area contributed by atoms with Gasteiger partial charge < -0.3 is 0 Å². The molecule has 5 heteroatoms. The smallest absolute Gasteiger partial charge is 0.266 e. The van der Waals surface area contributed by atoms with Crippen molar-refractivity contribution in [3.63, 3.8) is 0 Å². The van der Waals surface area contributed by atoms with Gasteiger partial charge in [-0.15, -0.1) is 0 Å². The van der Waals surface area contributed by atoms with E-state index in [2.05, 4.69) is 12.8 Å². The molecule has 1 aromatic carbocycles. The van der Waals surface area contributed by atoms with Gasteiger partial charge in [-0.3, -0.25) is 9.52 Å². The molecule has 0 aliphatic carbocycles. The summed E-state index contributed by atoms with van der Waals surface area (Å²) in [4.78, 5) is 10.8. The Bertz CT molecular complexity index is 296. The summed E-state index contributed by atoms with van der Waals surface area (Å²) in [5.41, 5.74) is -0.618. The van der Waals surface area contributed by atoms with Crippen LogP contribution in [0.15, 0.2) is 18.2 Å². The standard InChI is InChI=1S/C7H5F2NOS/c8-4-2-1-3-5(9)6(4)7(11)10-12/h1-3,12H,(H,10,11). The van der Waals surface area contributed by atoms with Gasteiger partial charge in [-0.25, -0.2) is 8.78 Å². The highest BCUT2D eigenvalue weighted by Gasteiger charge is 2.14. The number of hydrogen-bond donors (Lipinski definition) is 2. The molecule has 1 aromatic rings. The molecule has 0 heterocycles. The Kier molecular flexibility index (Phi) is 2.65. The molecule has 0 bridgehead atoms. The highest BCUT2D eigenvalue weighted by Crippen LogP contribution is 2.11. The molecule has 0 spiro atoms. The van der Waals surface area contributed by atoms with Crippen molar-refractivity contribution < 1.29 is 13.6 Å². The molecule has 0 aromatic heterocycles. The van der Waals surface area contributed by atoms with Gasteiger partial charge in [0.2, 0.25) is 0 Å². The number of carbonyl (C=O) groups is 1. The van der Waals surface area contributed by atoms with Crippen LogP contribution >= 0.6 is 12.8 Å². The first-order chi connectivity index (χ1) is 5.66. The number of carbonyl (C=O) groups excluding carboxylic acids is 1. The van der Waals surface area contributed by atoms with Crippen LogP contribution in [0.1, 0.15) is 10.4 Å². The lowest BCUT2D eigenvalue weighted by Gasteiger charge is -2.00. The number of halogens is 2. The van der Waals surface area contributed by atoms with Crippen LogP contribution in [-0.2, 0) is 0 Å². The molecular weight excluding hydrogens is 184 g/mol. The van der Waals surface area contributed by atoms with Crippen molar-refractivity contribution in [2.75, 3.05) is 0 Å². The van der Waals surface area contributed by atoms with E-state index in [9.17, 15) is 13.6 Å². The zero-order valence-electron chi connectivity index (χ0n) is 5.84. The fraction of sp³-hybridized carbons (Fsp3) is 0. The summed E-state index contributed by atoms with van der Waals surface area (Å²) in [6.07, 6.45) is 0. The highest BCUT2D eigenvalue weighted by molar-refractivity contribution is 7.78. The van der Waals surface area contributed by atoms with Crippen LogP contribution < -0.4 is 4.72 Å². The Hall–Kier alpha value is -1.10. The Morgan fingerprint density at radius 2 is 1.83 bits per heavy atom. The second-order valence-electron chi connectivity index (χ2n) is 2.04. The van der Waals surface area contributed by atoms with Crippen LogP contribution in [0.4, 0.5) is 8.78 Å². The normalized spacial score (nSPS) is 9.58. The van der Waals surface area contributed by atoms with Crippen molar-refractivity contribution in [1.29, 1.82) is 0 Å². The quantitative estimate of drug-likeness (QED) is 0.644. The summed E-state index contributed by atoms with van der Waals surface area (Å²) in [6.45, 7) is 0. The lowest BCUT2D eigenvalue weighted by Crippen LogP contribution is -2.16. The van der Waals surface area contributed by atoms with Gasteiger partial charge in [-0.1, -0.05) is 18.9 Å². The van der Waals surface area contributed by atoms with Gasteiger partial charge in [-0.05, 0) is 12.1 Å². The van der Waals surface area contributed by atoms with Crippen LogP contribution in [0.25, 0.3) is 0 Å². The molecule has 0 saturated carbocycles. The molecule has 1 N–H and O–H groups in total. The molecule has 0 atom stereocenters. The van der Waals surface area contributed by atoms with E-state index in [1.54, 1.807) is 0 Å². The van der Waals surface area contributed by atoms with Crippen LogP contribution in [-0.4, -0.2) is 5.91 Å². The zero-order chi connectivity index (χ0) is 9.14. The van der Waals surface area contributed by atoms with Crippen LogP contribution in [0.3, 0.4) is 0 Å². The van der Waals surface area contributed by atoms with E-state index in [0.717, 1.165) is 12.1 Å². The summed E-state index contributed by atoms with van der Waals surface area (Å²) in [7, 11) is 0. The van der Waals surface area contributed by atoms with Gasteiger partial charge in [-0.2, -0.15) is 0 Å². The summed E-state index contributed by atoms with van der Waals surface area (Å²) < 4.78 is 27.3. The van der Waals surface area contributed by atoms with E-state index in [4.69, 9.17) is 0 Å². The minimum atomic E-state index is -0.901. The van der Waals surface area contributed by atoms with Crippen LogP contribution in [0.5, 0.6) is 0 Å². The molecule has 0 saturated heterocycles. The zero-order valence-corrected chi connectivity index (χ0v) is 6.74. The third kappa shape index (κ3) is 1.55. The fourth-order valence-corrected chi connectivity index (χ4v) is 0.882. The largest absolute Gasteiger partial charge is 0.298 e. The monoisotopic (exact) mass is 189 g/mol. The van der Waals surface area contributed by atoms with E-state index in [-0.39, 0.29) is 0 Å². The second kappa shape index (κ2) is 3.53. The summed E-state index contributed by atoms with van der Waals surface area (Å²) in [5, 5.41) is 0. The maximum absolute atomic E-state index is 12.8. The van der Waals surface area contributed by atoms with E-state index in [1.165, 1.54) is 6.07 Å². The Morgan fingerprint density at radius 3 is 2.25 bits per heavy atom. The molecule has 0 radical (unpaired) electrons. The summed E-state index contributed by atoms with van der Waals surface area (Å²) in [5.74, 6) is -2.70. The molecule has 1 rings (SSSR count). The highest BCUT2D eigenvalue weighted by atomic mass is 32.1. The van der Waals surface area contributed by atoms with E-state index in [0.29, 0.717) is 0 Å². The van der Waals surface area contributed by atoms with Gasteiger partial charge in [0.1, 0.15) is 17.2 Å². The number of rotatable bonds is 1. The van der Waals surface area contributed by atoms with Gasteiger partial charge >= 0.3 is 0 Å². The molecule has 1 amide bonds. The number of thiol groups is 1. The number of benzene rings is 1. The van der Waals surface area contributed by atoms with E-state index in [1.807, 2.05) is 4.72 Å². The van der Waals surface area contributed by atoms with Gasteiger partial charge in [0.15, 0.2) is 0 Å². The molecule has 0 fully saturated rings. The Labute approximate surface area is 73.1 Å². The predicted molar refractivity (Wildman–Crippen MR) is 42.8 cm³/mol. The predicted octanol–water partition coefficient (Wildman–Crippen LogP) is 1.54. The SMILES string of the molecule is O=C(NS)c1c(F)cccc1F. The maximum atomic E-state index is 12.8. The van der Waals surface area contributed by atoms with Crippen molar-refractivity contribution in [3.8, 4) is 0 Å². The summed E-state index contributed by atoms with van der Waals surface area (Å²) in [6, 6.07) is 3.18. The van der Waals surface area contributed by atoms with Crippen molar-refractivity contribution >= 4 is 18.7 Å². The molecule has 0 aliphatic heterocycles. The molecule has 2 nitrogen and oxygen atoms in total. The minimum Gasteiger partial charge on any atom is -0.298 e. The average Bonchev–Trinajstić information content (AvgIpc) is 2.03. The maximum Gasteiger partial charge on any atom is 0.266 e. The molecule has 12 heavy (non-hydrogen) atoms. The molecule has 0 unspecified atom stereocenters. The van der Waals surface area contributed by atoms with Crippen molar-refractivity contribution in [1.82, 2.24) is 4.72 Å². The van der Waals surface area contributed by atoms with Crippen molar-refractivity contribution in [3.05, 3.63) is 35.4 Å². The van der Waals surface area contributed by atoms with Crippen LogP contribution in [0, 0.1) is 11.6 Å². The summed E-state index contributed by atoms with van der Waals surface area (Å²) >= 11 is 3.39. The first-order valence-corrected chi connectivity index (χ1v) is 3.50.